The number of nitrogens with zero attached hydrogens (tertiary/aromatic N) is 3. The lowest BCUT2D eigenvalue weighted by atomic mass is 10.4. The van der Waals surface area contributed by atoms with Gasteiger partial charge >= 0.3 is 0 Å². The molecule has 1 N–H and O–H groups in total. The smallest absolute Gasteiger partial charge is 0.268 e. The molecule has 16 heavy (non-hydrogen) atoms. The summed E-state index contributed by atoms with van der Waals surface area (Å²) in [6.45, 7) is 3.75. The SMILES string of the molecule is Cc1nc(NC(=O)c2ccc(C)s2)n(C)n1. The Bertz CT molecular complexity index is 529. The molecule has 1 amide bonds. The van der Waals surface area contributed by atoms with Gasteiger partial charge in [-0.25, -0.2) is 4.68 Å². The van der Waals surface area contributed by atoms with Crippen molar-refractivity contribution in [1.29, 1.82) is 0 Å². The molecule has 0 saturated heterocycles. The molecular weight excluding hydrogens is 224 g/mol. The zero-order chi connectivity index (χ0) is 11.7. The van der Waals surface area contributed by atoms with Crippen LogP contribution in [0.4, 0.5) is 5.95 Å². The van der Waals surface area contributed by atoms with E-state index in [1.54, 1.807) is 24.7 Å². The molecule has 0 aliphatic rings. The summed E-state index contributed by atoms with van der Waals surface area (Å²) in [4.78, 5) is 17.7. The predicted molar refractivity (Wildman–Crippen MR) is 62.7 cm³/mol. The van der Waals surface area contributed by atoms with Gasteiger partial charge in [-0.15, -0.1) is 11.3 Å². The number of hydrogen-bond donors (Lipinski definition) is 1. The molecule has 2 rings (SSSR count). The van der Waals surface area contributed by atoms with E-state index in [0.717, 1.165) is 4.88 Å². The maximum atomic E-state index is 11.8. The van der Waals surface area contributed by atoms with Gasteiger partial charge in [-0.2, -0.15) is 10.1 Å². The Kier molecular flexibility index (Phi) is 2.74. The number of aromatic nitrogens is 3. The third kappa shape index (κ3) is 2.11. The molecule has 84 valence electrons. The summed E-state index contributed by atoms with van der Waals surface area (Å²) in [5, 5.41) is 6.78. The summed E-state index contributed by atoms with van der Waals surface area (Å²) in [7, 11) is 1.75. The number of anilines is 1. The van der Waals surface area contributed by atoms with Crippen LogP contribution in [0, 0.1) is 13.8 Å². The first-order chi connectivity index (χ1) is 7.56. The van der Waals surface area contributed by atoms with E-state index in [2.05, 4.69) is 15.4 Å². The van der Waals surface area contributed by atoms with Crippen LogP contribution in [-0.4, -0.2) is 20.7 Å². The summed E-state index contributed by atoms with van der Waals surface area (Å²) in [5.74, 6) is 0.960. The summed E-state index contributed by atoms with van der Waals surface area (Å²) in [5.41, 5.74) is 0. The van der Waals surface area contributed by atoms with Crippen molar-refractivity contribution < 1.29 is 4.79 Å². The average Bonchev–Trinajstić information content (AvgIpc) is 2.74. The first kappa shape index (κ1) is 10.8. The molecule has 0 atom stereocenters. The monoisotopic (exact) mass is 236 g/mol. The largest absolute Gasteiger partial charge is 0.290 e. The Morgan fingerprint density at radius 1 is 1.44 bits per heavy atom. The molecule has 6 heteroatoms. The van der Waals surface area contributed by atoms with Gasteiger partial charge < -0.3 is 0 Å². The number of nitrogens with one attached hydrogen (secondary N) is 1. The minimum atomic E-state index is -0.145. The first-order valence-corrected chi connectivity index (χ1v) is 5.63. The Morgan fingerprint density at radius 3 is 2.69 bits per heavy atom. The van der Waals surface area contributed by atoms with Crippen LogP contribution in [-0.2, 0) is 7.05 Å². The predicted octanol–water partition coefficient (Wildman–Crippen LogP) is 1.75. The second-order valence-corrected chi connectivity index (χ2v) is 4.76. The van der Waals surface area contributed by atoms with Crippen molar-refractivity contribution in [2.75, 3.05) is 5.32 Å². The van der Waals surface area contributed by atoms with Crippen molar-refractivity contribution in [3.63, 3.8) is 0 Å². The van der Waals surface area contributed by atoms with Crippen LogP contribution in [0.1, 0.15) is 20.4 Å². The van der Waals surface area contributed by atoms with Gasteiger partial charge in [0.15, 0.2) is 0 Å². The fourth-order valence-electron chi connectivity index (χ4n) is 1.34. The number of carbonyl (C=O) groups excluding carboxylic acids is 1. The van der Waals surface area contributed by atoms with E-state index in [-0.39, 0.29) is 5.91 Å². The second-order valence-electron chi connectivity index (χ2n) is 3.47. The lowest BCUT2D eigenvalue weighted by molar-refractivity contribution is 0.102. The van der Waals surface area contributed by atoms with Gasteiger partial charge in [-0.3, -0.25) is 10.1 Å². The fourth-order valence-corrected chi connectivity index (χ4v) is 2.10. The zero-order valence-electron chi connectivity index (χ0n) is 9.31. The van der Waals surface area contributed by atoms with Gasteiger partial charge in [-0.1, -0.05) is 0 Å². The van der Waals surface area contributed by atoms with Gasteiger partial charge in [-0.05, 0) is 26.0 Å². The standard InChI is InChI=1S/C10H12N4OS/c1-6-4-5-8(16-6)9(15)12-10-11-7(2)13-14(10)3/h4-5H,1-3H3,(H,11,12,13,15). The third-order valence-corrected chi connectivity index (χ3v) is 3.06. The minimum Gasteiger partial charge on any atom is -0.290 e. The van der Waals surface area contributed by atoms with E-state index in [9.17, 15) is 4.79 Å². The van der Waals surface area contributed by atoms with Crippen LogP contribution in [0.25, 0.3) is 0 Å². The van der Waals surface area contributed by atoms with Crippen molar-refractivity contribution >= 4 is 23.2 Å². The van der Waals surface area contributed by atoms with Crippen LogP contribution in [0.3, 0.4) is 0 Å². The summed E-state index contributed by atoms with van der Waals surface area (Å²) in [6, 6.07) is 3.72. The molecule has 0 unspecified atom stereocenters. The van der Waals surface area contributed by atoms with E-state index in [1.165, 1.54) is 11.3 Å². The maximum absolute atomic E-state index is 11.8. The molecule has 0 fully saturated rings. The molecule has 0 radical (unpaired) electrons. The normalized spacial score (nSPS) is 10.4. The highest BCUT2D eigenvalue weighted by Gasteiger charge is 2.11. The molecule has 5 nitrogen and oxygen atoms in total. The molecule has 2 aromatic rings. The summed E-state index contributed by atoms with van der Waals surface area (Å²) >= 11 is 1.46. The number of amides is 1. The Morgan fingerprint density at radius 2 is 2.19 bits per heavy atom. The van der Waals surface area contributed by atoms with E-state index in [0.29, 0.717) is 16.6 Å². The molecule has 0 bridgehead atoms. The quantitative estimate of drug-likeness (QED) is 0.864. The molecule has 0 aliphatic heterocycles. The van der Waals surface area contributed by atoms with E-state index >= 15 is 0 Å². The molecule has 2 heterocycles. The van der Waals surface area contributed by atoms with E-state index in [1.807, 2.05) is 13.0 Å². The molecule has 0 spiro atoms. The lowest BCUT2D eigenvalue weighted by Crippen LogP contribution is -2.13. The topological polar surface area (TPSA) is 59.8 Å². The molecule has 2 aromatic heterocycles. The van der Waals surface area contributed by atoms with Crippen molar-refractivity contribution in [3.8, 4) is 0 Å². The van der Waals surface area contributed by atoms with Crippen LogP contribution in [0.15, 0.2) is 12.1 Å². The van der Waals surface area contributed by atoms with Gasteiger partial charge in [0.1, 0.15) is 5.82 Å². The second kappa shape index (κ2) is 4.05. The van der Waals surface area contributed by atoms with Crippen molar-refractivity contribution in [3.05, 3.63) is 27.7 Å². The third-order valence-electron chi connectivity index (χ3n) is 2.06. The number of rotatable bonds is 2. The van der Waals surface area contributed by atoms with Crippen molar-refractivity contribution in [2.24, 2.45) is 7.05 Å². The van der Waals surface area contributed by atoms with Crippen LogP contribution in [0.2, 0.25) is 0 Å². The van der Waals surface area contributed by atoms with Crippen molar-refractivity contribution in [2.45, 2.75) is 13.8 Å². The number of carbonyl (C=O) groups is 1. The van der Waals surface area contributed by atoms with Gasteiger partial charge in [0.25, 0.3) is 5.91 Å². The highest BCUT2D eigenvalue weighted by Crippen LogP contribution is 2.16. The van der Waals surface area contributed by atoms with Gasteiger partial charge in [0.2, 0.25) is 5.95 Å². The number of aryl methyl sites for hydroxylation is 3. The highest BCUT2D eigenvalue weighted by atomic mass is 32.1. The minimum absolute atomic E-state index is 0.145. The summed E-state index contributed by atoms with van der Waals surface area (Å²) < 4.78 is 1.55. The van der Waals surface area contributed by atoms with Crippen molar-refractivity contribution in [1.82, 2.24) is 14.8 Å². The van der Waals surface area contributed by atoms with Gasteiger partial charge in [0.05, 0.1) is 4.88 Å². The maximum Gasteiger partial charge on any atom is 0.268 e. The Labute approximate surface area is 97.1 Å². The van der Waals surface area contributed by atoms with Crippen LogP contribution >= 0.6 is 11.3 Å². The molecule has 0 aliphatic carbocycles. The average molecular weight is 236 g/mol. The molecule has 0 aromatic carbocycles. The van der Waals surface area contributed by atoms with E-state index < -0.39 is 0 Å². The first-order valence-electron chi connectivity index (χ1n) is 4.81. The molecular formula is C10H12N4OS. The fraction of sp³-hybridized carbons (Fsp3) is 0.300. The Balaban J connectivity index is 2.16. The number of hydrogen-bond acceptors (Lipinski definition) is 4. The van der Waals surface area contributed by atoms with Gasteiger partial charge in [0, 0.05) is 11.9 Å². The summed E-state index contributed by atoms with van der Waals surface area (Å²) in [6.07, 6.45) is 0. The zero-order valence-corrected chi connectivity index (χ0v) is 10.1. The van der Waals surface area contributed by atoms with Crippen LogP contribution < -0.4 is 5.32 Å². The highest BCUT2D eigenvalue weighted by molar-refractivity contribution is 7.14. The van der Waals surface area contributed by atoms with Crippen LogP contribution in [0.5, 0.6) is 0 Å². The Hall–Kier alpha value is -1.69. The van der Waals surface area contributed by atoms with E-state index in [4.69, 9.17) is 0 Å². The lowest BCUT2D eigenvalue weighted by Gasteiger charge is -2.00. The number of thiophene rings is 1. The molecule has 0 saturated carbocycles.